The normalized spacial score (nSPS) is 10.9. The first kappa shape index (κ1) is 10.9. The summed E-state index contributed by atoms with van der Waals surface area (Å²) in [6, 6.07) is 6.79. The van der Waals surface area contributed by atoms with E-state index in [4.69, 9.17) is 21.2 Å². The highest BCUT2D eigenvalue weighted by molar-refractivity contribution is 6.35. The van der Waals surface area contributed by atoms with E-state index in [0.717, 1.165) is 10.9 Å². The minimum atomic E-state index is -1.15. The molecule has 0 radical (unpaired) electrons. The molecule has 0 saturated heterocycles. The SMILES string of the molecule is O=C(O)c1cc(-c2cc(Cl)c3cc[nH]c3c2)no1. The third-order valence-corrected chi connectivity index (χ3v) is 2.95. The molecule has 0 aliphatic heterocycles. The van der Waals surface area contributed by atoms with Crippen LogP contribution in [-0.2, 0) is 0 Å². The highest BCUT2D eigenvalue weighted by Gasteiger charge is 2.13. The van der Waals surface area contributed by atoms with Crippen molar-refractivity contribution in [1.29, 1.82) is 0 Å². The standard InChI is InChI=1S/C12H7ClN2O3/c13-8-3-6(4-10-7(8)1-2-14-10)9-5-11(12(16)17)18-15-9/h1-5,14H,(H,16,17). The van der Waals surface area contributed by atoms with Crippen LogP contribution in [0.1, 0.15) is 10.6 Å². The summed E-state index contributed by atoms with van der Waals surface area (Å²) in [6.45, 7) is 0. The summed E-state index contributed by atoms with van der Waals surface area (Å²) in [5.41, 5.74) is 1.99. The molecule has 2 aromatic heterocycles. The number of benzene rings is 1. The molecule has 0 aliphatic carbocycles. The second-order valence-electron chi connectivity index (χ2n) is 3.78. The zero-order chi connectivity index (χ0) is 12.7. The van der Waals surface area contributed by atoms with Gasteiger partial charge in [-0.3, -0.25) is 0 Å². The van der Waals surface area contributed by atoms with Gasteiger partial charge in [-0.2, -0.15) is 0 Å². The Morgan fingerprint density at radius 2 is 2.22 bits per heavy atom. The first-order valence-corrected chi connectivity index (χ1v) is 5.50. The monoisotopic (exact) mass is 262 g/mol. The van der Waals surface area contributed by atoms with Crippen molar-refractivity contribution >= 4 is 28.5 Å². The fourth-order valence-electron chi connectivity index (χ4n) is 1.78. The first-order valence-electron chi connectivity index (χ1n) is 5.12. The van der Waals surface area contributed by atoms with Crippen molar-refractivity contribution in [2.45, 2.75) is 0 Å². The van der Waals surface area contributed by atoms with Crippen LogP contribution in [0, 0.1) is 0 Å². The number of carboxylic acids is 1. The first-order chi connectivity index (χ1) is 8.65. The molecule has 6 heteroatoms. The summed E-state index contributed by atoms with van der Waals surface area (Å²) >= 11 is 6.13. The second kappa shape index (κ2) is 3.89. The summed E-state index contributed by atoms with van der Waals surface area (Å²) in [5.74, 6) is -1.35. The van der Waals surface area contributed by atoms with Gasteiger partial charge in [0.25, 0.3) is 0 Å². The van der Waals surface area contributed by atoms with Crippen LogP contribution in [0.3, 0.4) is 0 Å². The maximum absolute atomic E-state index is 10.7. The minimum absolute atomic E-state index is 0.201. The van der Waals surface area contributed by atoms with Gasteiger partial charge >= 0.3 is 5.97 Å². The fraction of sp³-hybridized carbons (Fsp3) is 0. The number of hydrogen-bond acceptors (Lipinski definition) is 3. The van der Waals surface area contributed by atoms with Crippen LogP contribution in [0.25, 0.3) is 22.2 Å². The van der Waals surface area contributed by atoms with Crippen LogP contribution in [0.5, 0.6) is 0 Å². The fourth-order valence-corrected chi connectivity index (χ4v) is 2.06. The van der Waals surface area contributed by atoms with Gasteiger partial charge in [0.2, 0.25) is 5.76 Å². The van der Waals surface area contributed by atoms with E-state index in [1.807, 2.05) is 12.1 Å². The predicted molar refractivity (Wildman–Crippen MR) is 65.8 cm³/mol. The van der Waals surface area contributed by atoms with Crippen molar-refractivity contribution in [3.63, 3.8) is 0 Å². The predicted octanol–water partition coefficient (Wildman–Crippen LogP) is 3.17. The molecule has 3 rings (SSSR count). The van der Waals surface area contributed by atoms with Crippen molar-refractivity contribution in [3.8, 4) is 11.3 Å². The lowest BCUT2D eigenvalue weighted by molar-refractivity contribution is 0.0652. The number of H-pyrrole nitrogens is 1. The Labute approximate surface area is 106 Å². The zero-order valence-electron chi connectivity index (χ0n) is 8.98. The molecule has 90 valence electrons. The largest absolute Gasteiger partial charge is 0.475 e. The molecule has 0 bridgehead atoms. The number of carbonyl (C=O) groups is 1. The number of nitrogens with one attached hydrogen (secondary N) is 1. The Balaban J connectivity index is 2.15. The Bertz CT molecular complexity index is 745. The Kier molecular flexibility index (Phi) is 2.34. The van der Waals surface area contributed by atoms with Crippen molar-refractivity contribution in [2.75, 3.05) is 0 Å². The van der Waals surface area contributed by atoms with Crippen molar-refractivity contribution < 1.29 is 14.4 Å². The van der Waals surface area contributed by atoms with Crippen LogP contribution in [0.2, 0.25) is 5.02 Å². The number of aromatic nitrogens is 2. The van der Waals surface area contributed by atoms with E-state index < -0.39 is 5.97 Å². The number of halogens is 1. The van der Waals surface area contributed by atoms with Gasteiger partial charge in [-0.05, 0) is 18.2 Å². The van der Waals surface area contributed by atoms with E-state index in [2.05, 4.69) is 10.1 Å². The molecule has 0 unspecified atom stereocenters. The van der Waals surface area contributed by atoms with Crippen LogP contribution in [-0.4, -0.2) is 21.2 Å². The molecular formula is C12H7ClN2O3. The Morgan fingerprint density at radius 3 is 2.94 bits per heavy atom. The number of hydrogen-bond donors (Lipinski definition) is 2. The molecule has 0 aliphatic rings. The van der Waals surface area contributed by atoms with Gasteiger partial charge in [0.05, 0.1) is 5.02 Å². The van der Waals surface area contributed by atoms with Crippen molar-refractivity contribution in [1.82, 2.24) is 10.1 Å². The minimum Gasteiger partial charge on any atom is -0.475 e. The molecule has 0 amide bonds. The topological polar surface area (TPSA) is 79.1 Å². The molecule has 0 fully saturated rings. The van der Waals surface area contributed by atoms with Gasteiger partial charge in [-0.25, -0.2) is 4.79 Å². The van der Waals surface area contributed by atoms with E-state index in [1.165, 1.54) is 6.07 Å². The van der Waals surface area contributed by atoms with Gasteiger partial charge in [-0.15, -0.1) is 0 Å². The van der Waals surface area contributed by atoms with Gasteiger partial charge in [0, 0.05) is 28.7 Å². The summed E-state index contributed by atoms with van der Waals surface area (Å²) in [5, 5.41) is 14.0. The van der Waals surface area contributed by atoms with Crippen LogP contribution < -0.4 is 0 Å². The lowest BCUT2D eigenvalue weighted by atomic mass is 10.1. The van der Waals surface area contributed by atoms with Crippen LogP contribution in [0.15, 0.2) is 35.0 Å². The lowest BCUT2D eigenvalue weighted by Crippen LogP contribution is -1.91. The van der Waals surface area contributed by atoms with E-state index in [0.29, 0.717) is 16.3 Å². The average molecular weight is 263 g/mol. The van der Waals surface area contributed by atoms with E-state index in [-0.39, 0.29) is 5.76 Å². The number of nitrogens with zero attached hydrogens (tertiary/aromatic N) is 1. The third-order valence-electron chi connectivity index (χ3n) is 2.64. The highest BCUT2D eigenvalue weighted by Crippen LogP contribution is 2.29. The molecule has 5 nitrogen and oxygen atoms in total. The molecule has 0 atom stereocenters. The Hall–Kier alpha value is -2.27. The van der Waals surface area contributed by atoms with Gasteiger partial charge in [0.15, 0.2) is 0 Å². The van der Waals surface area contributed by atoms with E-state index in [9.17, 15) is 4.79 Å². The number of carboxylic acid groups (broad SMARTS) is 1. The maximum atomic E-state index is 10.7. The Morgan fingerprint density at radius 1 is 1.39 bits per heavy atom. The lowest BCUT2D eigenvalue weighted by Gasteiger charge is -1.99. The number of aromatic amines is 1. The molecule has 2 heterocycles. The van der Waals surface area contributed by atoms with Gasteiger partial charge in [0.1, 0.15) is 5.69 Å². The number of rotatable bonds is 2. The average Bonchev–Trinajstić information content (AvgIpc) is 2.97. The maximum Gasteiger partial charge on any atom is 0.374 e. The highest BCUT2D eigenvalue weighted by atomic mass is 35.5. The number of aromatic carboxylic acids is 1. The van der Waals surface area contributed by atoms with Crippen LogP contribution >= 0.6 is 11.6 Å². The van der Waals surface area contributed by atoms with Crippen molar-refractivity contribution in [3.05, 3.63) is 41.2 Å². The molecular weight excluding hydrogens is 256 g/mol. The van der Waals surface area contributed by atoms with Gasteiger partial charge in [-0.1, -0.05) is 16.8 Å². The smallest absolute Gasteiger partial charge is 0.374 e. The molecule has 1 aromatic carbocycles. The number of fused-ring (bicyclic) bond motifs is 1. The molecule has 0 spiro atoms. The summed E-state index contributed by atoms with van der Waals surface area (Å²) < 4.78 is 4.71. The molecule has 3 aromatic rings. The van der Waals surface area contributed by atoms with Gasteiger partial charge < -0.3 is 14.6 Å². The molecule has 18 heavy (non-hydrogen) atoms. The van der Waals surface area contributed by atoms with E-state index in [1.54, 1.807) is 12.3 Å². The zero-order valence-corrected chi connectivity index (χ0v) is 9.73. The van der Waals surface area contributed by atoms with Crippen molar-refractivity contribution in [2.24, 2.45) is 0 Å². The van der Waals surface area contributed by atoms with E-state index >= 15 is 0 Å². The third kappa shape index (κ3) is 1.65. The van der Waals surface area contributed by atoms with Crippen LogP contribution in [0.4, 0.5) is 0 Å². The quantitative estimate of drug-likeness (QED) is 0.743. The molecule has 0 saturated carbocycles. The molecule has 2 N–H and O–H groups in total. The second-order valence-corrected chi connectivity index (χ2v) is 4.19. The summed E-state index contributed by atoms with van der Waals surface area (Å²) in [6.07, 6.45) is 1.78. The summed E-state index contributed by atoms with van der Waals surface area (Å²) in [7, 11) is 0. The summed E-state index contributed by atoms with van der Waals surface area (Å²) in [4.78, 5) is 13.8.